The quantitative estimate of drug-likeness (QED) is 0.407. The van der Waals surface area contributed by atoms with Crippen molar-refractivity contribution in [3.8, 4) is 0 Å². The number of halogens is 1. The highest BCUT2D eigenvalue weighted by Crippen LogP contribution is 2.31. The highest BCUT2D eigenvalue weighted by atomic mass is 35.5. The largest absolute Gasteiger partial charge is 0.297 e. The minimum absolute atomic E-state index is 0.0920. The van der Waals surface area contributed by atoms with Crippen molar-refractivity contribution in [2.24, 2.45) is 0 Å². The molecule has 0 aliphatic carbocycles. The number of fused-ring (bicyclic) bond motifs is 1. The fourth-order valence-electron chi connectivity index (χ4n) is 3.61. The normalized spacial score (nSPS) is 16.6. The molecule has 1 aliphatic heterocycles. The van der Waals surface area contributed by atoms with Crippen LogP contribution in [0, 0.1) is 6.92 Å². The number of sulfonamides is 1. The number of hydrogen-bond acceptors (Lipinski definition) is 6. The van der Waals surface area contributed by atoms with Crippen molar-refractivity contribution in [1.82, 2.24) is 9.29 Å². The smallest absolute Gasteiger partial charge is 0.263 e. The number of piperidine rings is 1. The van der Waals surface area contributed by atoms with E-state index in [4.69, 9.17) is 15.8 Å². The average Bonchev–Trinajstić information content (AvgIpc) is 2.74. The van der Waals surface area contributed by atoms with Crippen molar-refractivity contribution in [1.29, 1.82) is 0 Å². The SMILES string of the molecule is Cc1ccc(S(=O)(=O)OC2CCN(S(=O)(=O)c3cccc4c(Cl)nccc34)CC2)cc1. The van der Waals surface area contributed by atoms with Gasteiger partial charge >= 0.3 is 0 Å². The standard InChI is InChI=1S/C21H21ClN2O5S2/c1-15-5-7-17(8-6-15)31(27,28)29-16-10-13-24(14-11-16)30(25,26)20-4-2-3-19-18(20)9-12-23-21(19)22/h2-9,12,16H,10-11,13-14H2,1H3. The molecule has 2 heterocycles. The molecule has 1 fully saturated rings. The Balaban J connectivity index is 1.50. The summed E-state index contributed by atoms with van der Waals surface area (Å²) in [6, 6.07) is 12.9. The maximum absolute atomic E-state index is 13.3. The topological polar surface area (TPSA) is 93.6 Å². The fourth-order valence-corrected chi connectivity index (χ4v) is 6.64. The molecule has 0 bridgehead atoms. The lowest BCUT2D eigenvalue weighted by Crippen LogP contribution is -2.41. The molecule has 0 unspecified atom stereocenters. The van der Waals surface area contributed by atoms with Crippen LogP contribution in [0.25, 0.3) is 10.8 Å². The molecule has 31 heavy (non-hydrogen) atoms. The Hall–Kier alpha value is -2.04. The summed E-state index contributed by atoms with van der Waals surface area (Å²) < 4.78 is 58.3. The van der Waals surface area contributed by atoms with Gasteiger partial charge in [-0.25, -0.2) is 13.4 Å². The number of aryl methyl sites for hydroxylation is 1. The molecule has 0 amide bonds. The van der Waals surface area contributed by atoms with Crippen molar-refractivity contribution >= 4 is 42.5 Å². The monoisotopic (exact) mass is 480 g/mol. The van der Waals surface area contributed by atoms with Crippen LogP contribution in [0.2, 0.25) is 5.15 Å². The Kier molecular flexibility index (Phi) is 6.06. The zero-order valence-corrected chi connectivity index (χ0v) is 19.1. The summed E-state index contributed by atoms with van der Waals surface area (Å²) in [5, 5.41) is 1.30. The number of rotatable bonds is 5. The molecule has 2 aromatic carbocycles. The van der Waals surface area contributed by atoms with Crippen LogP contribution in [0.1, 0.15) is 18.4 Å². The number of hydrogen-bond donors (Lipinski definition) is 0. The predicted molar refractivity (Wildman–Crippen MR) is 118 cm³/mol. The van der Waals surface area contributed by atoms with Gasteiger partial charge in [-0.15, -0.1) is 0 Å². The highest BCUT2D eigenvalue weighted by Gasteiger charge is 2.33. The van der Waals surface area contributed by atoms with Gasteiger partial charge in [-0.3, -0.25) is 4.18 Å². The molecule has 7 nitrogen and oxygen atoms in total. The predicted octanol–water partition coefficient (Wildman–Crippen LogP) is 3.76. The van der Waals surface area contributed by atoms with Crippen LogP contribution in [0.4, 0.5) is 0 Å². The van der Waals surface area contributed by atoms with Crippen LogP contribution < -0.4 is 0 Å². The van der Waals surface area contributed by atoms with Crippen molar-refractivity contribution in [3.63, 3.8) is 0 Å². The summed E-state index contributed by atoms with van der Waals surface area (Å²) in [5.74, 6) is 0. The molecule has 0 N–H and O–H groups in total. The molecule has 1 saturated heterocycles. The third-order valence-corrected chi connectivity index (χ3v) is 8.94. The van der Waals surface area contributed by atoms with Gasteiger partial charge in [-0.05, 0) is 44.0 Å². The van der Waals surface area contributed by atoms with Crippen molar-refractivity contribution in [2.45, 2.75) is 35.7 Å². The number of aromatic nitrogens is 1. The second-order valence-corrected chi connectivity index (χ2v) is 11.3. The molecule has 0 atom stereocenters. The maximum atomic E-state index is 13.3. The van der Waals surface area contributed by atoms with E-state index >= 15 is 0 Å². The summed E-state index contributed by atoms with van der Waals surface area (Å²) in [6.45, 7) is 2.19. The van der Waals surface area contributed by atoms with Crippen LogP contribution >= 0.6 is 11.6 Å². The second-order valence-electron chi connectivity index (χ2n) is 7.42. The van der Waals surface area contributed by atoms with Crippen molar-refractivity contribution in [3.05, 3.63) is 65.4 Å². The summed E-state index contributed by atoms with van der Waals surface area (Å²) >= 11 is 6.11. The maximum Gasteiger partial charge on any atom is 0.297 e. The van der Waals surface area contributed by atoms with Crippen LogP contribution in [-0.2, 0) is 24.3 Å². The molecule has 10 heteroatoms. The van der Waals surface area contributed by atoms with Gasteiger partial charge in [0, 0.05) is 30.1 Å². The zero-order valence-electron chi connectivity index (χ0n) is 16.7. The third kappa shape index (κ3) is 4.47. The lowest BCUT2D eigenvalue weighted by Gasteiger charge is -2.31. The van der Waals surface area contributed by atoms with Crippen LogP contribution in [0.15, 0.2) is 64.5 Å². The van der Waals surface area contributed by atoms with Crippen LogP contribution in [0.5, 0.6) is 0 Å². The van der Waals surface area contributed by atoms with E-state index in [-0.39, 0.29) is 40.9 Å². The lowest BCUT2D eigenvalue weighted by atomic mass is 10.1. The number of benzene rings is 2. The Labute approximate surface area is 186 Å². The van der Waals surface area contributed by atoms with E-state index < -0.39 is 26.2 Å². The van der Waals surface area contributed by atoms with E-state index in [0.717, 1.165) is 5.56 Å². The molecule has 0 saturated carbocycles. The summed E-state index contributed by atoms with van der Waals surface area (Å²) in [7, 11) is -7.69. The summed E-state index contributed by atoms with van der Waals surface area (Å²) in [5.41, 5.74) is 0.947. The summed E-state index contributed by atoms with van der Waals surface area (Å²) in [6.07, 6.45) is 1.44. The molecular weight excluding hydrogens is 460 g/mol. The average molecular weight is 481 g/mol. The van der Waals surface area contributed by atoms with E-state index in [1.54, 1.807) is 36.4 Å². The first-order valence-corrected chi connectivity index (χ1v) is 12.9. The minimum atomic E-state index is -3.90. The van der Waals surface area contributed by atoms with E-state index in [1.165, 1.54) is 22.6 Å². The molecule has 1 aromatic heterocycles. The molecule has 0 radical (unpaired) electrons. The second kappa shape index (κ2) is 8.48. The van der Waals surface area contributed by atoms with Crippen LogP contribution in [-0.4, -0.2) is 45.3 Å². The third-order valence-electron chi connectivity index (χ3n) is 5.31. The van der Waals surface area contributed by atoms with E-state index in [9.17, 15) is 16.8 Å². The van der Waals surface area contributed by atoms with Crippen molar-refractivity contribution in [2.75, 3.05) is 13.1 Å². The van der Waals surface area contributed by atoms with Gasteiger partial charge < -0.3 is 0 Å². The first kappa shape index (κ1) is 22.2. The molecule has 0 spiro atoms. The Morgan fingerprint density at radius 2 is 1.65 bits per heavy atom. The fraction of sp³-hybridized carbons (Fsp3) is 0.286. The van der Waals surface area contributed by atoms with Gasteiger partial charge in [0.15, 0.2) is 0 Å². The Morgan fingerprint density at radius 1 is 0.968 bits per heavy atom. The van der Waals surface area contributed by atoms with Crippen LogP contribution in [0.3, 0.4) is 0 Å². The van der Waals surface area contributed by atoms with Gasteiger partial charge in [-0.2, -0.15) is 12.7 Å². The van der Waals surface area contributed by atoms with Gasteiger partial charge in [-0.1, -0.05) is 41.4 Å². The molecule has 4 rings (SSSR count). The highest BCUT2D eigenvalue weighted by molar-refractivity contribution is 7.89. The molecule has 164 valence electrons. The van der Waals surface area contributed by atoms with Gasteiger partial charge in [0.25, 0.3) is 10.1 Å². The van der Waals surface area contributed by atoms with E-state index in [2.05, 4.69) is 4.98 Å². The summed E-state index contributed by atoms with van der Waals surface area (Å²) in [4.78, 5) is 4.25. The first-order chi connectivity index (χ1) is 14.7. The van der Waals surface area contributed by atoms with Gasteiger partial charge in [0.05, 0.1) is 15.9 Å². The van der Waals surface area contributed by atoms with E-state index in [0.29, 0.717) is 10.8 Å². The number of pyridine rings is 1. The van der Waals surface area contributed by atoms with Gasteiger partial charge in [0.1, 0.15) is 5.15 Å². The Morgan fingerprint density at radius 3 is 2.32 bits per heavy atom. The first-order valence-electron chi connectivity index (χ1n) is 9.72. The zero-order chi connectivity index (χ0) is 22.2. The molecular formula is C21H21ClN2O5S2. The minimum Gasteiger partial charge on any atom is -0.263 e. The van der Waals surface area contributed by atoms with Crippen molar-refractivity contribution < 1.29 is 21.0 Å². The molecule has 1 aliphatic rings. The van der Waals surface area contributed by atoms with E-state index in [1.807, 2.05) is 6.92 Å². The lowest BCUT2D eigenvalue weighted by molar-refractivity contribution is 0.141. The number of nitrogens with zero attached hydrogens (tertiary/aromatic N) is 2. The Bertz CT molecular complexity index is 1320. The molecule has 3 aromatic rings. The van der Waals surface area contributed by atoms with Gasteiger partial charge in [0.2, 0.25) is 10.0 Å².